The van der Waals surface area contributed by atoms with E-state index in [0.717, 1.165) is 31.9 Å². The molecule has 4 rings (SSSR count). The largest absolute Gasteiger partial charge is 0.470 e. The Kier molecular flexibility index (Phi) is 6.58. The summed E-state index contributed by atoms with van der Waals surface area (Å²) in [6, 6.07) is 9.00. The minimum Gasteiger partial charge on any atom is -0.470 e. The minimum atomic E-state index is -0.0499. The van der Waals surface area contributed by atoms with Crippen LogP contribution in [0.2, 0.25) is 5.02 Å². The van der Waals surface area contributed by atoms with Crippen molar-refractivity contribution in [2.75, 3.05) is 26.2 Å². The van der Waals surface area contributed by atoms with E-state index >= 15 is 0 Å². The standard InChI is InChI=1S/C22H27ClN6O2/c1-3-28-15-18(17(2)24-28)14-26-10-12-27(13-11-26)22(30)20-8-9-29(25-20)16-31-21-7-5-4-6-19(21)23/h4-9,15H,3,10-14,16H2,1-2H3. The number of aromatic nitrogens is 4. The van der Waals surface area contributed by atoms with Crippen LogP contribution in [-0.2, 0) is 19.8 Å². The van der Waals surface area contributed by atoms with Crippen LogP contribution in [0.3, 0.4) is 0 Å². The summed E-state index contributed by atoms with van der Waals surface area (Å²) in [6.07, 6.45) is 3.86. The molecule has 0 radical (unpaired) electrons. The number of piperazine rings is 1. The third kappa shape index (κ3) is 5.08. The third-order valence-corrected chi connectivity index (χ3v) is 5.79. The maximum Gasteiger partial charge on any atom is 0.274 e. The van der Waals surface area contributed by atoms with Gasteiger partial charge in [0.1, 0.15) is 5.75 Å². The summed E-state index contributed by atoms with van der Waals surface area (Å²) in [6.45, 7) is 9.09. The summed E-state index contributed by atoms with van der Waals surface area (Å²) in [7, 11) is 0. The fourth-order valence-corrected chi connectivity index (χ4v) is 3.82. The van der Waals surface area contributed by atoms with Crippen molar-refractivity contribution in [3.05, 3.63) is 64.7 Å². The van der Waals surface area contributed by atoms with Gasteiger partial charge in [-0.25, -0.2) is 4.68 Å². The predicted octanol–water partition coefficient (Wildman–Crippen LogP) is 3.06. The first-order valence-corrected chi connectivity index (χ1v) is 10.9. The zero-order valence-electron chi connectivity index (χ0n) is 17.9. The molecule has 164 valence electrons. The Morgan fingerprint density at radius 2 is 1.87 bits per heavy atom. The summed E-state index contributed by atoms with van der Waals surface area (Å²) >= 11 is 6.10. The first-order chi connectivity index (χ1) is 15.0. The summed E-state index contributed by atoms with van der Waals surface area (Å²) < 4.78 is 9.25. The monoisotopic (exact) mass is 442 g/mol. The topological polar surface area (TPSA) is 68.4 Å². The second kappa shape index (κ2) is 9.53. The molecule has 1 saturated heterocycles. The molecule has 0 atom stereocenters. The lowest BCUT2D eigenvalue weighted by atomic mass is 10.2. The van der Waals surface area contributed by atoms with Gasteiger partial charge in [-0.3, -0.25) is 14.4 Å². The number of para-hydroxylation sites is 1. The third-order valence-electron chi connectivity index (χ3n) is 5.47. The van der Waals surface area contributed by atoms with Crippen LogP contribution in [-0.4, -0.2) is 61.4 Å². The number of amides is 1. The fourth-order valence-electron chi connectivity index (χ4n) is 3.63. The van der Waals surface area contributed by atoms with Crippen molar-refractivity contribution in [3.8, 4) is 5.75 Å². The van der Waals surface area contributed by atoms with E-state index in [-0.39, 0.29) is 12.6 Å². The van der Waals surface area contributed by atoms with E-state index in [1.54, 1.807) is 29.1 Å². The molecule has 0 N–H and O–H groups in total. The number of nitrogens with zero attached hydrogens (tertiary/aromatic N) is 6. The van der Waals surface area contributed by atoms with E-state index in [1.165, 1.54) is 5.56 Å². The molecule has 0 saturated carbocycles. The van der Waals surface area contributed by atoms with Gasteiger partial charge in [0.15, 0.2) is 12.4 Å². The van der Waals surface area contributed by atoms with E-state index in [9.17, 15) is 4.79 Å². The predicted molar refractivity (Wildman–Crippen MR) is 118 cm³/mol. The molecule has 8 nitrogen and oxygen atoms in total. The molecule has 3 heterocycles. The molecule has 0 unspecified atom stereocenters. The molecule has 3 aromatic rings. The van der Waals surface area contributed by atoms with Crippen molar-refractivity contribution >= 4 is 17.5 Å². The lowest BCUT2D eigenvalue weighted by Gasteiger charge is -2.34. The van der Waals surface area contributed by atoms with Crippen LogP contribution in [0.5, 0.6) is 5.75 Å². The normalized spacial score (nSPS) is 14.7. The highest BCUT2D eigenvalue weighted by molar-refractivity contribution is 6.32. The molecule has 0 bridgehead atoms. The van der Waals surface area contributed by atoms with Crippen molar-refractivity contribution in [2.45, 2.75) is 33.7 Å². The zero-order chi connectivity index (χ0) is 21.8. The number of carbonyl (C=O) groups excluding carboxylic acids is 1. The highest BCUT2D eigenvalue weighted by Crippen LogP contribution is 2.23. The van der Waals surface area contributed by atoms with E-state index in [0.29, 0.717) is 29.6 Å². The van der Waals surface area contributed by atoms with Crippen LogP contribution in [0.15, 0.2) is 42.7 Å². The van der Waals surface area contributed by atoms with Gasteiger partial charge in [-0.1, -0.05) is 23.7 Å². The molecule has 9 heteroatoms. The Hall–Kier alpha value is -2.84. The van der Waals surface area contributed by atoms with E-state index < -0.39 is 0 Å². The molecular weight excluding hydrogens is 416 g/mol. The van der Waals surface area contributed by atoms with Crippen molar-refractivity contribution in [2.24, 2.45) is 0 Å². The summed E-state index contributed by atoms with van der Waals surface area (Å²) in [4.78, 5) is 17.1. The Labute approximate surface area is 187 Å². The van der Waals surface area contributed by atoms with E-state index in [1.807, 2.05) is 28.6 Å². The second-order valence-electron chi connectivity index (χ2n) is 7.61. The van der Waals surface area contributed by atoms with Crippen LogP contribution < -0.4 is 4.74 Å². The summed E-state index contributed by atoms with van der Waals surface area (Å²) in [5.41, 5.74) is 2.75. The highest BCUT2D eigenvalue weighted by atomic mass is 35.5. The maximum absolute atomic E-state index is 12.9. The molecular formula is C22H27ClN6O2. The lowest BCUT2D eigenvalue weighted by Crippen LogP contribution is -2.48. The summed E-state index contributed by atoms with van der Waals surface area (Å²) in [5.74, 6) is 0.537. The molecule has 1 aliphatic rings. The minimum absolute atomic E-state index is 0.0499. The molecule has 1 amide bonds. The number of halogens is 1. The second-order valence-corrected chi connectivity index (χ2v) is 8.02. The van der Waals surface area contributed by atoms with E-state index in [2.05, 4.69) is 28.2 Å². The maximum atomic E-state index is 12.9. The number of benzene rings is 1. The Morgan fingerprint density at radius 1 is 1.10 bits per heavy atom. The smallest absolute Gasteiger partial charge is 0.274 e. The number of rotatable bonds is 7. The average molecular weight is 443 g/mol. The fraction of sp³-hybridized carbons (Fsp3) is 0.409. The van der Waals surface area contributed by atoms with Gasteiger partial charge in [0, 0.05) is 57.2 Å². The van der Waals surface area contributed by atoms with Crippen molar-refractivity contribution in [1.82, 2.24) is 29.4 Å². The van der Waals surface area contributed by atoms with Gasteiger partial charge in [-0.05, 0) is 32.0 Å². The number of aryl methyl sites for hydroxylation is 2. The number of ether oxygens (including phenoxy) is 1. The molecule has 0 aliphatic carbocycles. The van der Waals surface area contributed by atoms with Crippen LogP contribution in [0.1, 0.15) is 28.7 Å². The Morgan fingerprint density at radius 3 is 2.58 bits per heavy atom. The highest BCUT2D eigenvalue weighted by Gasteiger charge is 2.24. The van der Waals surface area contributed by atoms with Gasteiger partial charge in [0.05, 0.1) is 10.7 Å². The van der Waals surface area contributed by atoms with Crippen molar-refractivity contribution < 1.29 is 9.53 Å². The van der Waals surface area contributed by atoms with Crippen molar-refractivity contribution in [1.29, 1.82) is 0 Å². The van der Waals surface area contributed by atoms with Gasteiger partial charge in [0.25, 0.3) is 5.91 Å². The lowest BCUT2D eigenvalue weighted by molar-refractivity contribution is 0.0620. The SMILES string of the molecule is CCn1cc(CN2CCN(C(=O)c3ccn(COc4ccccc4Cl)n3)CC2)c(C)n1. The van der Waals surface area contributed by atoms with Gasteiger partial charge < -0.3 is 9.64 Å². The van der Waals surface area contributed by atoms with Crippen LogP contribution in [0.4, 0.5) is 0 Å². The molecule has 0 spiro atoms. The quantitative estimate of drug-likeness (QED) is 0.562. The van der Waals surface area contributed by atoms with Gasteiger partial charge in [0.2, 0.25) is 0 Å². The van der Waals surface area contributed by atoms with Gasteiger partial charge in [-0.15, -0.1) is 0 Å². The zero-order valence-corrected chi connectivity index (χ0v) is 18.6. The number of carbonyl (C=O) groups is 1. The first-order valence-electron chi connectivity index (χ1n) is 10.5. The van der Waals surface area contributed by atoms with Crippen LogP contribution in [0, 0.1) is 6.92 Å². The molecule has 2 aromatic heterocycles. The van der Waals surface area contributed by atoms with Crippen molar-refractivity contribution in [3.63, 3.8) is 0 Å². The van der Waals surface area contributed by atoms with Crippen LogP contribution in [0.25, 0.3) is 0 Å². The molecule has 1 fully saturated rings. The summed E-state index contributed by atoms with van der Waals surface area (Å²) in [5, 5.41) is 9.43. The number of hydrogen-bond acceptors (Lipinski definition) is 5. The molecule has 1 aromatic carbocycles. The average Bonchev–Trinajstić information content (AvgIpc) is 3.40. The van der Waals surface area contributed by atoms with E-state index in [4.69, 9.17) is 16.3 Å². The van der Waals surface area contributed by atoms with Gasteiger partial charge >= 0.3 is 0 Å². The molecule has 31 heavy (non-hydrogen) atoms. The Bertz CT molecular complexity index is 1040. The molecule has 1 aliphatic heterocycles. The van der Waals surface area contributed by atoms with Gasteiger partial charge in [-0.2, -0.15) is 10.2 Å². The first kappa shape index (κ1) is 21.4. The Balaban J connectivity index is 1.28. The van der Waals surface area contributed by atoms with Crippen LogP contribution >= 0.6 is 11.6 Å². The number of hydrogen-bond donors (Lipinski definition) is 0.